The maximum atomic E-state index is 11.9. The molecule has 0 aliphatic carbocycles. The summed E-state index contributed by atoms with van der Waals surface area (Å²) in [5, 5.41) is 13.1. The van der Waals surface area contributed by atoms with Crippen molar-refractivity contribution in [3.63, 3.8) is 0 Å². The molecule has 1 aliphatic rings. The Morgan fingerprint density at radius 1 is 1.38 bits per heavy atom. The zero-order chi connectivity index (χ0) is 15.5. The predicted molar refractivity (Wildman–Crippen MR) is 88.6 cm³/mol. The van der Waals surface area contributed by atoms with E-state index in [4.69, 9.17) is 0 Å². The van der Waals surface area contributed by atoms with Crippen molar-refractivity contribution in [2.45, 2.75) is 50.4 Å². The van der Waals surface area contributed by atoms with E-state index in [0.717, 1.165) is 24.2 Å². The Labute approximate surface area is 131 Å². The summed E-state index contributed by atoms with van der Waals surface area (Å²) in [7, 11) is 0. The largest absolute Gasteiger partial charge is 0.387 e. The molecule has 0 aromatic heterocycles. The van der Waals surface area contributed by atoms with Crippen LogP contribution in [0.3, 0.4) is 0 Å². The van der Waals surface area contributed by atoms with Gasteiger partial charge in [0.15, 0.2) is 0 Å². The Morgan fingerprint density at radius 3 is 2.57 bits per heavy atom. The highest BCUT2D eigenvalue weighted by Gasteiger charge is 2.23. The highest BCUT2D eigenvalue weighted by atomic mass is 32.2. The number of thioether (sulfide) groups is 1. The maximum absolute atomic E-state index is 11.9. The van der Waals surface area contributed by atoms with Gasteiger partial charge in [0.25, 0.3) is 0 Å². The molecule has 1 aliphatic heterocycles. The topological polar surface area (TPSA) is 49.3 Å². The summed E-state index contributed by atoms with van der Waals surface area (Å²) in [6, 6.07) is 7.99. The lowest BCUT2D eigenvalue weighted by atomic mass is 9.86. The number of nitrogens with one attached hydrogen (secondary N) is 1. The first kappa shape index (κ1) is 16.4. The number of hydrogen-bond donors (Lipinski definition) is 2. The van der Waals surface area contributed by atoms with Gasteiger partial charge in [-0.25, -0.2) is 0 Å². The molecule has 0 spiro atoms. The van der Waals surface area contributed by atoms with Gasteiger partial charge in [-0.3, -0.25) is 4.79 Å². The van der Waals surface area contributed by atoms with Crippen LogP contribution in [0.1, 0.15) is 50.8 Å². The summed E-state index contributed by atoms with van der Waals surface area (Å²) in [6.45, 7) is 6.78. The van der Waals surface area contributed by atoms with Crippen LogP contribution >= 0.6 is 11.8 Å². The minimum atomic E-state index is -0.644. The van der Waals surface area contributed by atoms with Crippen LogP contribution in [-0.4, -0.2) is 28.6 Å². The van der Waals surface area contributed by atoms with Gasteiger partial charge in [0.05, 0.1) is 11.4 Å². The average Bonchev–Trinajstić information content (AvgIpc) is 2.98. The summed E-state index contributed by atoms with van der Waals surface area (Å²) < 4.78 is 0. The van der Waals surface area contributed by atoms with Gasteiger partial charge in [0.1, 0.15) is 0 Å². The third-order valence-electron chi connectivity index (χ3n) is 3.85. The average molecular weight is 307 g/mol. The molecular weight excluding hydrogens is 282 g/mol. The number of carbonyl (C=O) groups excluding carboxylic acids is 1. The van der Waals surface area contributed by atoms with Crippen molar-refractivity contribution < 1.29 is 9.90 Å². The van der Waals surface area contributed by atoms with E-state index in [2.05, 4.69) is 26.1 Å². The molecule has 0 radical (unpaired) electrons. The lowest BCUT2D eigenvalue weighted by Gasteiger charge is -2.20. The molecule has 2 rings (SSSR count). The molecule has 0 saturated carbocycles. The molecule has 1 aromatic carbocycles. The minimum Gasteiger partial charge on any atom is -0.387 e. The number of carbonyl (C=O) groups is 1. The lowest BCUT2D eigenvalue weighted by molar-refractivity contribution is -0.121. The minimum absolute atomic E-state index is 0.0582. The molecule has 21 heavy (non-hydrogen) atoms. The Hall–Kier alpha value is -1.00. The fourth-order valence-corrected chi connectivity index (χ4v) is 3.60. The Balaban J connectivity index is 1.88. The van der Waals surface area contributed by atoms with E-state index in [1.807, 2.05) is 24.3 Å². The molecule has 116 valence electrons. The van der Waals surface area contributed by atoms with Crippen molar-refractivity contribution in [2.75, 3.05) is 12.3 Å². The van der Waals surface area contributed by atoms with Gasteiger partial charge in [0.2, 0.25) is 5.91 Å². The van der Waals surface area contributed by atoms with E-state index in [0.29, 0.717) is 0 Å². The van der Waals surface area contributed by atoms with Gasteiger partial charge in [-0.15, -0.1) is 11.8 Å². The monoisotopic (exact) mass is 307 g/mol. The molecule has 1 amide bonds. The van der Waals surface area contributed by atoms with Crippen LogP contribution in [-0.2, 0) is 10.2 Å². The molecule has 0 bridgehead atoms. The van der Waals surface area contributed by atoms with Crippen LogP contribution in [0.15, 0.2) is 24.3 Å². The van der Waals surface area contributed by atoms with Gasteiger partial charge in [-0.2, -0.15) is 0 Å². The van der Waals surface area contributed by atoms with Gasteiger partial charge < -0.3 is 10.4 Å². The van der Waals surface area contributed by atoms with Crippen LogP contribution in [0.4, 0.5) is 0 Å². The van der Waals surface area contributed by atoms with Gasteiger partial charge in [0, 0.05) is 6.54 Å². The molecule has 4 heteroatoms. The van der Waals surface area contributed by atoms with E-state index in [-0.39, 0.29) is 23.1 Å². The van der Waals surface area contributed by atoms with Crippen molar-refractivity contribution >= 4 is 17.7 Å². The Morgan fingerprint density at radius 2 is 2.05 bits per heavy atom. The standard InChI is InChI=1S/C17H25NO2S/c1-17(2,3)13-8-6-12(7-9-13)14(19)11-18-16(20)15-5-4-10-21-15/h6-9,14-15,19H,4-5,10-11H2,1-3H3,(H,18,20). The first-order chi connectivity index (χ1) is 9.88. The van der Waals surface area contributed by atoms with Crippen molar-refractivity contribution in [1.82, 2.24) is 5.32 Å². The molecule has 3 nitrogen and oxygen atoms in total. The van der Waals surface area contributed by atoms with Crippen LogP contribution in [0, 0.1) is 0 Å². The van der Waals surface area contributed by atoms with Gasteiger partial charge >= 0.3 is 0 Å². The van der Waals surface area contributed by atoms with Crippen molar-refractivity contribution in [2.24, 2.45) is 0 Å². The van der Waals surface area contributed by atoms with Crippen molar-refractivity contribution in [3.05, 3.63) is 35.4 Å². The van der Waals surface area contributed by atoms with Crippen LogP contribution < -0.4 is 5.32 Å². The second-order valence-corrected chi connectivity index (χ2v) is 7.95. The number of amides is 1. The SMILES string of the molecule is CC(C)(C)c1ccc(C(O)CNC(=O)C2CCCS2)cc1. The normalized spacial score (nSPS) is 20.3. The molecule has 2 N–H and O–H groups in total. The maximum Gasteiger partial charge on any atom is 0.233 e. The van der Waals surface area contributed by atoms with Gasteiger partial charge in [-0.05, 0) is 35.1 Å². The summed E-state index contributed by atoms with van der Waals surface area (Å²) in [5.74, 6) is 1.12. The quantitative estimate of drug-likeness (QED) is 0.899. The van der Waals surface area contributed by atoms with E-state index in [1.165, 1.54) is 5.56 Å². The first-order valence-corrected chi connectivity index (χ1v) is 8.60. The number of aliphatic hydroxyl groups excluding tert-OH is 1. The first-order valence-electron chi connectivity index (χ1n) is 7.56. The van der Waals surface area contributed by atoms with Crippen molar-refractivity contribution in [3.8, 4) is 0 Å². The summed E-state index contributed by atoms with van der Waals surface area (Å²) in [4.78, 5) is 11.9. The Bertz CT molecular complexity index is 473. The smallest absolute Gasteiger partial charge is 0.233 e. The van der Waals surface area contributed by atoms with Crippen LogP contribution in [0.25, 0.3) is 0 Å². The Kier molecular flexibility index (Phi) is 5.33. The second-order valence-electron chi connectivity index (χ2n) is 6.63. The fraction of sp³-hybridized carbons (Fsp3) is 0.588. The fourth-order valence-electron chi connectivity index (χ4n) is 2.42. The third kappa shape index (κ3) is 4.48. The zero-order valence-corrected chi connectivity index (χ0v) is 13.9. The second kappa shape index (κ2) is 6.84. The predicted octanol–water partition coefficient (Wildman–Crippen LogP) is 3.03. The van der Waals surface area contributed by atoms with Crippen LogP contribution in [0.5, 0.6) is 0 Å². The van der Waals surface area contributed by atoms with E-state index in [1.54, 1.807) is 11.8 Å². The number of benzene rings is 1. The summed E-state index contributed by atoms with van der Waals surface area (Å²) >= 11 is 1.71. The molecule has 1 aromatic rings. The third-order valence-corrected chi connectivity index (χ3v) is 5.23. The molecule has 1 heterocycles. The summed E-state index contributed by atoms with van der Waals surface area (Å²) in [6.07, 6.45) is 1.42. The van der Waals surface area contributed by atoms with Gasteiger partial charge in [-0.1, -0.05) is 45.0 Å². The van der Waals surface area contributed by atoms with E-state index < -0.39 is 6.10 Å². The van der Waals surface area contributed by atoms with E-state index in [9.17, 15) is 9.90 Å². The molecule has 2 atom stereocenters. The zero-order valence-electron chi connectivity index (χ0n) is 13.1. The molecular formula is C17H25NO2S. The lowest BCUT2D eigenvalue weighted by Crippen LogP contribution is -2.34. The van der Waals surface area contributed by atoms with Crippen molar-refractivity contribution in [1.29, 1.82) is 0 Å². The number of aliphatic hydroxyl groups is 1. The highest BCUT2D eigenvalue weighted by molar-refractivity contribution is 8.00. The summed E-state index contributed by atoms with van der Waals surface area (Å²) in [5.41, 5.74) is 2.20. The highest BCUT2D eigenvalue weighted by Crippen LogP contribution is 2.26. The number of rotatable bonds is 4. The van der Waals surface area contributed by atoms with E-state index >= 15 is 0 Å². The molecule has 1 saturated heterocycles. The molecule has 2 unspecified atom stereocenters. The molecule has 1 fully saturated rings. The van der Waals surface area contributed by atoms with Crippen LogP contribution in [0.2, 0.25) is 0 Å². The number of hydrogen-bond acceptors (Lipinski definition) is 3.